The third-order valence-corrected chi connectivity index (χ3v) is 12.5. The minimum Gasteiger partial charge on any atom is -0.508 e. The Morgan fingerprint density at radius 2 is 1.84 bits per heavy atom. The first kappa shape index (κ1) is 33.2. The van der Waals surface area contributed by atoms with Crippen LogP contribution in [0.25, 0.3) is 0 Å². The molecular formula is C33H47F6NO2S. The number of alkyl halides is 6. The Hall–Kier alpha value is -1.13. The number of phenolic OH excluding ortho intramolecular Hbond substituents is 1. The van der Waals surface area contributed by atoms with Crippen LogP contribution >= 0.6 is 11.8 Å². The number of unbranched alkanes of at least 4 members (excludes halogenated alkanes) is 2. The van der Waals surface area contributed by atoms with Crippen molar-refractivity contribution in [1.29, 1.82) is 0 Å². The molecule has 0 amide bonds. The number of halogens is 6. The van der Waals surface area contributed by atoms with Gasteiger partial charge in [-0.1, -0.05) is 25.8 Å². The number of likely N-dealkylation sites (tertiary alicyclic amines) is 1. The van der Waals surface area contributed by atoms with Gasteiger partial charge in [0.25, 0.3) is 0 Å². The molecule has 43 heavy (non-hydrogen) atoms. The summed E-state index contributed by atoms with van der Waals surface area (Å²) in [5.74, 6) is -2.70. The average Bonchev–Trinajstić information content (AvgIpc) is 3.50. The Morgan fingerprint density at radius 1 is 1.05 bits per heavy atom. The van der Waals surface area contributed by atoms with Gasteiger partial charge in [-0.2, -0.15) is 33.7 Å². The summed E-state index contributed by atoms with van der Waals surface area (Å²) < 4.78 is 79.3. The molecule has 5 rings (SSSR count). The maximum absolute atomic E-state index is 16.0. The van der Waals surface area contributed by atoms with Gasteiger partial charge in [0.15, 0.2) is 0 Å². The second kappa shape index (κ2) is 13.3. The lowest BCUT2D eigenvalue weighted by molar-refractivity contribution is -0.284. The zero-order valence-corrected chi connectivity index (χ0v) is 25.9. The van der Waals surface area contributed by atoms with Gasteiger partial charge in [-0.25, -0.2) is 4.39 Å². The maximum atomic E-state index is 16.0. The molecule has 3 fully saturated rings. The molecule has 1 heterocycles. The molecule has 0 spiro atoms. The molecule has 8 atom stereocenters. The highest BCUT2D eigenvalue weighted by Gasteiger charge is 2.60. The Balaban J connectivity index is 1.10. The zero-order valence-electron chi connectivity index (χ0n) is 25.1. The first-order valence-corrected chi connectivity index (χ1v) is 17.4. The van der Waals surface area contributed by atoms with E-state index in [-0.39, 0.29) is 29.4 Å². The monoisotopic (exact) mass is 635 g/mol. The SMILES string of the molecule is C[C@]12C[C@H](F)[C@@H]3c4ccc(O)cc4C[C@@H](CCCCCN4CCCC4CSCCCC(F)(F)C(F)(F)F)[C@H]3[C@@H]1CCC2O. The number of rotatable bonds is 12. The van der Waals surface area contributed by atoms with Crippen LogP contribution in [-0.4, -0.2) is 70.1 Å². The summed E-state index contributed by atoms with van der Waals surface area (Å²) in [5, 5.41) is 21.0. The van der Waals surface area contributed by atoms with Crippen molar-refractivity contribution in [2.45, 2.75) is 120 Å². The zero-order chi connectivity index (χ0) is 31.0. The molecule has 0 radical (unpaired) electrons. The molecule has 2 N–H and O–H groups in total. The van der Waals surface area contributed by atoms with Crippen LogP contribution in [0.3, 0.4) is 0 Å². The van der Waals surface area contributed by atoms with Crippen LogP contribution < -0.4 is 0 Å². The molecule has 1 saturated heterocycles. The standard InChI is InChI=1S/C33H47F6NO2S/c1-31-19-27(34)30-25-10-9-24(41)18-22(25)17-21(29(30)26(31)11-12-28(31)42)7-3-2-4-14-40-15-5-8-23(40)20-43-16-6-13-32(35,36)33(37,38)39/h9-10,18,21,23,26-30,41-42H,2-8,11-17,19-20H2,1H3/t21-,23?,26+,27+,28?,29+,30+,31+/m1/s1. The normalized spacial score (nSPS) is 34.7. The molecule has 244 valence electrons. The molecule has 3 nitrogen and oxygen atoms in total. The fourth-order valence-electron chi connectivity index (χ4n) is 9.07. The van der Waals surface area contributed by atoms with Crippen molar-refractivity contribution in [1.82, 2.24) is 4.90 Å². The fourth-order valence-corrected chi connectivity index (χ4v) is 10.2. The van der Waals surface area contributed by atoms with Gasteiger partial charge in [0.1, 0.15) is 11.9 Å². The lowest BCUT2D eigenvalue weighted by Gasteiger charge is -2.54. The van der Waals surface area contributed by atoms with Crippen molar-refractivity contribution in [3.8, 4) is 5.75 Å². The quantitative estimate of drug-likeness (QED) is 0.179. The number of hydrogen-bond donors (Lipinski definition) is 2. The van der Waals surface area contributed by atoms with Crippen molar-refractivity contribution < 1.29 is 36.6 Å². The lowest BCUT2D eigenvalue weighted by atomic mass is 9.51. The molecule has 3 aliphatic carbocycles. The Kier molecular flexibility index (Phi) is 10.3. The number of fused-ring (bicyclic) bond motifs is 5. The fraction of sp³-hybridized carbons (Fsp3) is 0.818. The van der Waals surface area contributed by atoms with Crippen LogP contribution in [0.1, 0.15) is 94.6 Å². The number of nitrogens with zero attached hydrogens (tertiary/aromatic N) is 1. The van der Waals surface area contributed by atoms with Gasteiger partial charge in [-0.05, 0) is 123 Å². The van der Waals surface area contributed by atoms with E-state index in [4.69, 9.17) is 0 Å². The van der Waals surface area contributed by atoms with Gasteiger partial charge >= 0.3 is 12.1 Å². The van der Waals surface area contributed by atoms with Crippen molar-refractivity contribution in [3.63, 3.8) is 0 Å². The first-order chi connectivity index (χ1) is 20.3. The Morgan fingerprint density at radius 3 is 2.60 bits per heavy atom. The number of aromatic hydroxyl groups is 1. The van der Waals surface area contributed by atoms with Crippen LogP contribution in [0.2, 0.25) is 0 Å². The Bertz CT molecular complexity index is 1090. The van der Waals surface area contributed by atoms with Crippen molar-refractivity contribution in [2.75, 3.05) is 24.6 Å². The number of thioether (sulfide) groups is 1. The summed E-state index contributed by atoms with van der Waals surface area (Å²) in [4.78, 5) is 2.44. The van der Waals surface area contributed by atoms with E-state index in [9.17, 15) is 32.2 Å². The third-order valence-electron chi connectivity index (χ3n) is 11.3. The molecule has 0 bridgehead atoms. The van der Waals surface area contributed by atoms with E-state index in [0.717, 1.165) is 87.8 Å². The smallest absolute Gasteiger partial charge is 0.453 e. The number of hydrogen-bond acceptors (Lipinski definition) is 4. The van der Waals surface area contributed by atoms with E-state index in [1.165, 1.54) is 11.8 Å². The maximum Gasteiger partial charge on any atom is 0.453 e. The Labute approximate surface area is 256 Å². The van der Waals surface area contributed by atoms with Gasteiger partial charge in [0.2, 0.25) is 0 Å². The van der Waals surface area contributed by atoms with Crippen LogP contribution in [-0.2, 0) is 6.42 Å². The van der Waals surface area contributed by atoms with E-state index >= 15 is 4.39 Å². The van der Waals surface area contributed by atoms with Crippen molar-refractivity contribution >= 4 is 11.8 Å². The molecular weight excluding hydrogens is 588 g/mol. The van der Waals surface area contributed by atoms with Crippen LogP contribution in [0.4, 0.5) is 26.3 Å². The predicted molar refractivity (Wildman–Crippen MR) is 159 cm³/mol. The van der Waals surface area contributed by atoms with Crippen LogP contribution in [0.5, 0.6) is 5.75 Å². The summed E-state index contributed by atoms with van der Waals surface area (Å²) in [5.41, 5.74) is 1.73. The van der Waals surface area contributed by atoms with Crippen molar-refractivity contribution in [3.05, 3.63) is 29.3 Å². The molecule has 1 aromatic rings. The summed E-state index contributed by atoms with van der Waals surface area (Å²) in [6, 6.07) is 5.75. The highest BCUT2D eigenvalue weighted by molar-refractivity contribution is 7.99. The highest BCUT2D eigenvalue weighted by Crippen LogP contribution is 2.63. The average molecular weight is 636 g/mol. The molecule has 1 aliphatic heterocycles. The summed E-state index contributed by atoms with van der Waals surface area (Å²) in [6.07, 6.45) is 0.873. The van der Waals surface area contributed by atoms with Crippen LogP contribution in [0, 0.1) is 23.2 Å². The number of phenols is 1. The van der Waals surface area contributed by atoms with E-state index in [1.807, 2.05) is 12.1 Å². The largest absolute Gasteiger partial charge is 0.508 e. The van der Waals surface area contributed by atoms with E-state index in [1.54, 1.807) is 6.07 Å². The van der Waals surface area contributed by atoms with Gasteiger partial charge in [0.05, 0.1) is 6.10 Å². The van der Waals surface area contributed by atoms with Gasteiger partial charge in [0, 0.05) is 24.1 Å². The molecule has 1 aromatic carbocycles. The van der Waals surface area contributed by atoms with E-state index < -0.39 is 30.8 Å². The predicted octanol–water partition coefficient (Wildman–Crippen LogP) is 8.52. The number of aliphatic hydroxyl groups is 1. The van der Waals surface area contributed by atoms with Gasteiger partial charge in [-0.3, -0.25) is 4.90 Å². The summed E-state index contributed by atoms with van der Waals surface area (Å²) >= 11 is 1.47. The highest BCUT2D eigenvalue weighted by atomic mass is 32.2. The lowest BCUT2D eigenvalue weighted by Crippen LogP contribution is -2.51. The molecule has 10 heteroatoms. The summed E-state index contributed by atoms with van der Waals surface area (Å²) in [7, 11) is 0. The minimum atomic E-state index is -5.47. The van der Waals surface area contributed by atoms with Crippen molar-refractivity contribution in [2.24, 2.45) is 23.2 Å². The number of aliphatic hydroxyl groups excluding tert-OH is 1. The summed E-state index contributed by atoms with van der Waals surface area (Å²) in [6.45, 7) is 4.03. The van der Waals surface area contributed by atoms with Crippen LogP contribution in [0.15, 0.2) is 18.2 Å². The van der Waals surface area contributed by atoms with E-state index in [2.05, 4.69) is 11.8 Å². The number of benzene rings is 1. The topological polar surface area (TPSA) is 43.7 Å². The first-order valence-electron chi connectivity index (χ1n) is 16.2. The second-order valence-corrected chi connectivity index (χ2v) is 15.1. The van der Waals surface area contributed by atoms with Gasteiger partial charge in [-0.15, -0.1) is 0 Å². The molecule has 2 unspecified atom stereocenters. The third kappa shape index (κ3) is 7.01. The molecule has 4 aliphatic rings. The second-order valence-electron chi connectivity index (χ2n) is 13.9. The molecule has 0 aromatic heterocycles. The minimum absolute atomic E-state index is 0.154. The molecule has 2 saturated carbocycles. The van der Waals surface area contributed by atoms with Gasteiger partial charge < -0.3 is 10.2 Å². The van der Waals surface area contributed by atoms with E-state index in [0.29, 0.717) is 30.1 Å².